The number of aliphatic imine (C=N–C) groups is 1. The fourth-order valence-electron chi connectivity index (χ4n) is 2.81. The van der Waals surface area contributed by atoms with E-state index < -0.39 is 14.6 Å². The highest BCUT2D eigenvalue weighted by molar-refractivity contribution is 7.92. The molecule has 0 spiro atoms. The molecule has 0 aliphatic carbocycles. The van der Waals surface area contributed by atoms with Crippen molar-refractivity contribution in [2.45, 2.75) is 38.7 Å². The molecular formula is C18H29N3O3S. The predicted molar refractivity (Wildman–Crippen MR) is 101 cm³/mol. The van der Waals surface area contributed by atoms with Crippen LogP contribution >= 0.6 is 0 Å². The van der Waals surface area contributed by atoms with Crippen molar-refractivity contribution >= 4 is 15.8 Å². The van der Waals surface area contributed by atoms with E-state index in [1.807, 2.05) is 11.8 Å². The van der Waals surface area contributed by atoms with E-state index >= 15 is 0 Å². The van der Waals surface area contributed by atoms with E-state index in [0.29, 0.717) is 32.8 Å². The van der Waals surface area contributed by atoms with Crippen LogP contribution in [0.25, 0.3) is 0 Å². The molecule has 1 heterocycles. The van der Waals surface area contributed by atoms with E-state index in [-0.39, 0.29) is 5.75 Å². The minimum absolute atomic E-state index is 0.160. The van der Waals surface area contributed by atoms with Crippen molar-refractivity contribution in [2.75, 3.05) is 32.5 Å². The lowest BCUT2D eigenvalue weighted by Gasteiger charge is -2.39. The molecule has 1 fully saturated rings. The Morgan fingerprint density at radius 2 is 1.92 bits per heavy atom. The first-order chi connectivity index (χ1) is 11.8. The summed E-state index contributed by atoms with van der Waals surface area (Å²) in [6.07, 6.45) is 0. The van der Waals surface area contributed by atoms with E-state index in [9.17, 15) is 8.42 Å². The van der Waals surface area contributed by atoms with Gasteiger partial charge in [-0.15, -0.1) is 0 Å². The maximum absolute atomic E-state index is 12.1. The maximum atomic E-state index is 12.1. The minimum Gasteiger partial charge on any atom is -0.377 e. The van der Waals surface area contributed by atoms with Crippen LogP contribution in [0.5, 0.6) is 0 Å². The first-order valence-corrected chi connectivity index (χ1v) is 10.3. The number of rotatable bonds is 5. The normalized spacial score (nSPS) is 19.7. The van der Waals surface area contributed by atoms with E-state index in [1.165, 1.54) is 0 Å². The van der Waals surface area contributed by atoms with Crippen molar-refractivity contribution in [3.63, 3.8) is 0 Å². The topological polar surface area (TPSA) is 71.0 Å². The molecule has 25 heavy (non-hydrogen) atoms. The van der Waals surface area contributed by atoms with Crippen molar-refractivity contribution in [3.8, 4) is 0 Å². The highest BCUT2D eigenvalue weighted by Gasteiger charge is 2.40. The molecule has 1 aromatic rings. The predicted octanol–water partition coefficient (Wildman–Crippen LogP) is 1.81. The summed E-state index contributed by atoms with van der Waals surface area (Å²) in [6.45, 7) is 8.44. The second-order valence-electron chi connectivity index (χ2n) is 6.85. The SMILES string of the molecule is CCOCc1ccc(CNC(=NC)N2CCS(=O)(=O)C(C)(C)C2)cc1. The fourth-order valence-corrected chi connectivity index (χ4v) is 4.18. The molecule has 2 rings (SSSR count). The molecule has 0 amide bonds. The van der Waals surface area contributed by atoms with Crippen LogP contribution in [-0.4, -0.2) is 56.5 Å². The monoisotopic (exact) mass is 367 g/mol. The number of nitrogens with one attached hydrogen (secondary N) is 1. The number of benzene rings is 1. The summed E-state index contributed by atoms with van der Waals surface area (Å²) in [7, 11) is -1.33. The van der Waals surface area contributed by atoms with Gasteiger partial charge in [-0.3, -0.25) is 4.99 Å². The number of ether oxygens (including phenoxy) is 1. The summed E-state index contributed by atoms with van der Waals surface area (Å²) in [5.41, 5.74) is 2.29. The fraction of sp³-hybridized carbons (Fsp3) is 0.611. The summed E-state index contributed by atoms with van der Waals surface area (Å²) in [4.78, 5) is 6.33. The van der Waals surface area contributed by atoms with Crippen molar-refractivity contribution in [3.05, 3.63) is 35.4 Å². The minimum atomic E-state index is -3.05. The van der Waals surface area contributed by atoms with E-state index in [2.05, 4.69) is 34.6 Å². The van der Waals surface area contributed by atoms with Gasteiger partial charge in [0.2, 0.25) is 0 Å². The van der Waals surface area contributed by atoms with Crippen LogP contribution in [0.3, 0.4) is 0 Å². The average molecular weight is 368 g/mol. The summed E-state index contributed by atoms with van der Waals surface area (Å²) < 4.78 is 28.9. The zero-order chi connectivity index (χ0) is 18.5. The zero-order valence-electron chi connectivity index (χ0n) is 15.6. The number of guanidine groups is 1. The standard InChI is InChI=1S/C18H29N3O3S/c1-5-24-13-16-8-6-15(7-9-16)12-20-17(19-4)21-10-11-25(22,23)18(2,3)14-21/h6-9H,5,10-14H2,1-4H3,(H,19,20). The maximum Gasteiger partial charge on any atom is 0.193 e. The van der Waals surface area contributed by atoms with Crippen molar-refractivity contribution in [2.24, 2.45) is 4.99 Å². The second-order valence-corrected chi connectivity index (χ2v) is 9.60. The van der Waals surface area contributed by atoms with E-state index in [4.69, 9.17) is 4.74 Å². The van der Waals surface area contributed by atoms with Gasteiger partial charge in [-0.1, -0.05) is 24.3 Å². The van der Waals surface area contributed by atoms with Gasteiger partial charge in [0.1, 0.15) is 0 Å². The molecule has 1 saturated heterocycles. The zero-order valence-corrected chi connectivity index (χ0v) is 16.4. The second kappa shape index (κ2) is 8.19. The molecule has 0 aromatic heterocycles. The number of nitrogens with zero attached hydrogens (tertiary/aromatic N) is 2. The van der Waals surface area contributed by atoms with Crippen LogP contribution in [0.1, 0.15) is 31.9 Å². The lowest BCUT2D eigenvalue weighted by Crippen LogP contribution is -2.57. The molecule has 0 radical (unpaired) electrons. The molecule has 6 nitrogen and oxygen atoms in total. The number of hydrogen-bond donors (Lipinski definition) is 1. The van der Waals surface area contributed by atoms with Gasteiger partial charge in [-0.05, 0) is 31.9 Å². The molecule has 1 aliphatic heterocycles. The largest absolute Gasteiger partial charge is 0.377 e. The van der Waals surface area contributed by atoms with Gasteiger partial charge < -0.3 is 15.0 Å². The number of sulfone groups is 1. The Kier molecular flexibility index (Phi) is 6.46. The third kappa shape index (κ3) is 4.95. The van der Waals surface area contributed by atoms with Gasteiger partial charge in [-0.2, -0.15) is 0 Å². The van der Waals surface area contributed by atoms with Crippen LogP contribution in [0.2, 0.25) is 0 Å². The lowest BCUT2D eigenvalue weighted by atomic mass is 10.1. The molecule has 0 unspecified atom stereocenters. The van der Waals surface area contributed by atoms with Gasteiger partial charge in [0.25, 0.3) is 0 Å². The molecule has 0 saturated carbocycles. The molecule has 1 aliphatic rings. The molecule has 140 valence electrons. The summed E-state index contributed by atoms with van der Waals surface area (Å²) in [5, 5.41) is 3.33. The lowest BCUT2D eigenvalue weighted by molar-refractivity contribution is 0.134. The van der Waals surface area contributed by atoms with Crippen LogP contribution in [0.4, 0.5) is 0 Å². The van der Waals surface area contributed by atoms with E-state index in [1.54, 1.807) is 20.9 Å². The summed E-state index contributed by atoms with van der Waals surface area (Å²) in [6, 6.07) is 8.26. The van der Waals surface area contributed by atoms with Crippen LogP contribution in [-0.2, 0) is 27.7 Å². The summed E-state index contributed by atoms with van der Waals surface area (Å²) >= 11 is 0. The van der Waals surface area contributed by atoms with Gasteiger partial charge in [-0.25, -0.2) is 8.42 Å². The molecule has 7 heteroatoms. The molecule has 1 N–H and O–H groups in total. The Morgan fingerprint density at radius 3 is 2.48 bits per heavy atom. The van der Waals surface area contributed by atoms with Gasteiger partial charge in [0.15, 0.2) is 15.8 Å². The Labute approximate surface area is 151 Å². The Morgan fingerprint density at radius 1 is 1.28 bits per heavy atom. The Hall–Kier alpha value is -1.60. The quantitative estimate of drug-likeness (QED) is 0.635. The highest BCUT2D eigenvalue weighted by Crippen LogP contribution is 2.23. The molecular weight excluding hydrogens is 338 g/mol. The first-order valence-electron chi connectivity index (χ1n) is 8.62. The third-order valence-electron chi connectivity index (χ3n) is 4.50. The van der Waals surface area contributed by atoms with Crippen molar-refractivity contribution < 1.29 is 13.2 Å². The van der Waals surface area contributed by atoms with Crippen LogP contribution < -0.4 is 5.32 Å². The van der Waals surface area contributed by atoms with Crippen molar-refractivity contribution in [1.82, 2.24) is 10.2 Å². The Balaban J connectivity index is 1.95. The van der Waals surface area contributed by atoms with Gasteiger partial charge in [0.05, 0.1) is 17.1 Å². The summed E-state index contributed by atoms with van der Waals surface area (Å²) in [5.74, 6) is 0.897. The van der Waals surface area contributed by atoms with Gasteiger partial charge >= 0.3 is 0 Å². The Bertz CT molecular complexity index is 697. The highest BCUT2D eigenvalue weighted by atomic mass is 32.2. The smallest absolute Gasteiger partial charge is 0.193 e. The van der Waals surface area contributed by atoms with Crippen LogP contribution in [0, 0.1) is 0 Å². The van der Waals surface area contributed by atoms with E-state index in [0.717, 1.165) is 17.1 Å². The molecule has 0 bridgehead atoms. The molecule has 0 atom stereocenters. The van der Waals surface area contributed by atoms with Gasteiger partial charge in [0, 0.05) is 33.3 Å². The molecule has 1 aromatic carbocycles. The average Bonchev–Trinajstić information content (AvgIpc) is 2.57. The van der Waals surface area contributed by atoms with Crippen molar-refractivity contribution in [1.29, 1.82) is 0 Å². The number of hydrogen-bond acceptors (Lipinski definition) is 4. The van der Waals surface area contributed by atoms with Crippen LogP contribution in [0.15, 0.2) is 29.3 Å². The first kappa shape index (κ1) is 19.7. The third-order valence-corrected chi connectivity index (χ3v) is 7.03.